The Morgan fingerprint density at radius 2 is 1.88 bits per heavy atom. The van der Waals surface area contributed by atoms with Gasteiger partial charge in [0.2, 0.25) is 11.8 Å². The average Bonchev–Trinajstić information content (AvgIpc) is 2.52. The molecule has 1 aliphatic rings. The standard InChI is InChI=1S/C13H15NO2/c1-3-10-11(15)14-12(16)13(10,2)9-7-5-4-6-8-9/h4-8,10H,3H2,1-2H3,(H,14,15,16)/t10-,13-/m0/s1. The number of carbonyl (C=O) groups excluding carboxylic acids is 2. The molecule has 1 aromatic rings. The van der Waals surface area contributed by atoms with E-state index in [-0.39, 0.29) is 17.7 Å². The Hall–Kier alpha value is -1.64. The van der Waals surface area contributed by atoms with E-state index in [1.54, 1.807) is 0 Å². The molecule has 1 aliphatic heterocycles. The van der Waals surface area contributed by atoms with Crippen LogP contribution in [-0.2, 0) is 15.0 Å². The van der Waals surface area contributed by atoms with Crippen molar-refractivity contribution in [2.75, 3.05) is 0 Å². The Morgan fingerprint density at radius 1 is 1.25 bits per heavy atom. The lowest BCUT2D eigenvalue weighted by molar-refractivity contribution is -0.126. The SMILES string of the molecule is CC[C@H]1C(=O)NC(=O)[C@@]1(C)c1ccccc1. The minimum atomic E-state index is -0.715. The van der Waals surface area contributed by atoms with Crippen LogP contribution in [0.3, 0.4) is 0 Å². The van der Waals surface area contributed by atoms with E-state index >= 15 is 0 Å². The fourth-order valence-corrected chi connectivity index (χ4v) is 2.46. The third-order valence-electron chi connectivity index (χ3n) is 3.50. The molecule has 0 aliphatic carbocycles. The van der Waals surface area contributed by atoms with E-state index in [0.29, 0.717) is 6.42 Å². The average molecular weight is 217 g/mol. The first-order valence-electron chi connectivity index (χ1n) is 5.51. The minimum absolute atomic E-state index is 0.154. The summed E-state index contributed by atoms with van der Waals surface area (Å²) in [5.41, 5.74) is 0.192. The highest BCUT2D eigenvalue weighted by Gasteiger charge is 2.51. The first-order valence-corrected chi connectivity index (χ1v) is 5.51. The molecule has 2 amide bonds. The summed E-state index contributed by atoms with van der Waals surface area (Å²) in [6.45, 7) is 3.78. The number of amides is 2. The third-order valence-corrected chi connectivity index (χ3v) is 3.50. The maximum absolute atomic E-state index is 11.9. The summed E-state index contributed by atoms with van der Waals surface area (Å²) in [7, 11) is 0. The van der Waals surface area contributed by atoms with Gasteiger partial charge in [0.1, 0.15) is 0 Å². The lowest BCUT2D eigenvalue weighted by Gasteiger charge is -2.26. The van der Waals surface area contributed by atoms with Crippen molar-refractivity contribution >= 4 is 11.8 Å². The van der Waals surface area contributed by atoms with E-state index < -0.39 is 5.41 Å². The Labute approximate surface area is 94.9 Å². The van der Waals surface area contributed by atoms with Crippen LogP contribution in [0.2, 0.25) is 0 Å². The van der Waals surface area contributed by atoms with Gasteiger partial charge in [-0.05, 0) is 18.9 Å². The van der Waals surface area contributed by atoms with Crippen LogP contribution in [0.15, 0.2) is 30.3 Å². The van der Waals surface area contributed by atoms with Crippen molar-refractivity contribution in [1.82, 2.24) is 5.32 Å². The Morgan fingerprint density at radius 3 is 2.44 bits per heavy atom. The van der Waals surface area contributed by atoms with Crippen LogP contribution in [0.5, 0.6) is 0 Å². The molecular formula is C13H15NO2. The predicted molar refractivity (Wildman–Crippen MR) is 60.7 cm³/mol. The first-order chi connectivity index (χ1) is 7.60. The molecule has 0 radical (unpaired) electrons. The van der Waals surface area contributed by atoms with Gasteiger partial charge in [0.05, 0.1) is 11.3 Å². The number of carbonyl (C=O) groups is 2. The number of rotatable bonds is 2. The van der Waals surface area contributed by atoms with E-state index in [9.17, 15) is 9.59 Å². The highest BCUT2D eigenvalue weighted by molar-refractivity contribution is 6.10. The molecule has 2 atom stereocenters. The first kappa shape index (κ1) is 10.9. The van der Waals surface area contributed by atoms with Crippen LogP contribution in [0.1, 0.15) is 25.8 Å². The van der Waals surface area contributed by atoms with Crippen molar-refractivity contribution in [3.8, 4) is 0 Å². The van der Waals surface area contributed by atoms with Crippen molar-refractivity contribution < 1.29 is 9.59 Å². The zero-order valence-corrected chi connectivity index (χ0v) is 9.49. The zero-order valence-electron chi connectivity index (χ0n) is 9.49. The van der Waals surface area contributed by atoms with Gasteiger partial charge >= 0.3 is 0 Å². The summed E-state index contributed by atoms with van der Waals surface area (Å²) < 4.78 is 0. The van der Waals surface area contributed by atoms with Gasteiger partial charge in [-0.3, -0.25) is 14.9 Å². The maximum Gasteiger partial charge on any atom is 0.237 e. The van der Waals surface area contributed by atoms with E-state index in [1.807, 2.05) is 44.2 Å². The van der Waals surface area contributed by atoms with Crippen LogP contribution in [0.25, 0.3) is 0 Å². The zero-order chi connectivity index (χ0) is 11.8. The molecule has 16 heavy (non-hydrogen) atoms. The molecular weight excluding hydrogens is 202 g/mol. The van der Waals surface area contributed by atoms with Gasteiger partial charge in [0, 0.05) is 0 Å². The second-order valence-electron chi connectivity index (χ2n) is 4.35. The number of imide groups is 1. The second-order valence-corrected chi connectivity index (χ2v) is 4.35. The molecule has 3 nitrogen and oxygen atoms in total. The van der Waals surface area contributed by atoms with Crippen molar-refractivity contribution in [2.45, 2.75) is 25.7 Å². The highest BCUT2D eigenvalue weighted by atomic mass is 16.2. The Kier molecular flexibility index (Phi) is 2.54. The molecule has 0 saturated carbocycles. The summed E-state index contributed by atoms with van der Waals surface area (Å²) in [4.78, 5) is 23.6. The van der Waals surface area contributed by atoms with Gasteiger partial charge in [-0.1, -0.05) is 37.3 Å². The summed E-state index contributed by atoms with van der Waals surface area (Å²) >= 11 is 0. The number of benzene rings is 1. The van der Waals surface area contributed by atoms with Crippen LogP contribution in [0.4, 0.5) is 0 Å². The van der Waals surface area contributed by atoms with Crippen molar-refractivity contribution in [2.24, 2.45) is 5.92 Å². The van der Waals surface area contributed by atoms with Crippen LogP contribution < -0.4 is 5.32 Å². The van der Waals surface area contributed by atoms with E-state index in [4.69, 9.17) is 0 Å². The number of nitrogens with one attached hydrogen (secondary N) is 1. The molecule has 1 N–H and O–H groups in total. The molecule has 1 heterocycles. The largest absolute Gasteiger partial charge is 0.295 e. The van der Waals surface area contributed by atoms with Gasteiger partial charge in [0.25, 0.3) is 0 Å². The van der Waals surface area contributed by atoms with Gasteiger partial charge in [-0.25, -0.2) is 0 Å². The predicted octanol–water partition coefficient (Wildman–Crippen LogP) is 1.63. The van der Waals surface area contributed by atoms with Crippen molar-refractivity contribution in [3.05, 3.63) is 35.9 Å². The lowest BCUT2D eigenvalue weighted by atomic mass is 9.72. The molecule has 0 unspecified atom stereocenters. The van der Waals surface area contributed by atoms with Crippen LogP contribution in [-0.4, -0.2) is 11.8 Å². The smallest absolute Gasteiger partial charge is 0.237 e. The summed E-state index contributed by atoms with van der Waals surface area (Å²) in [6, 6.07) is 9.50. The minimum Gasteiger partial charge on any atom is -0.295 e. The van der Waals surface area contributed by atoms with Gasteiger partial charge in [-0.2, -0.15) is 0 Å². The molecule has 0 bridgehead atoms. The van der Waals surface area contributed by atoms with Crippen molar-refractivity contribution in [3.63, 3.8) is 0 Å². The van der Waals surface area contributed by atoms with Crippen LogP contribution in [0, 0.1) is 5.92 Å². The molecule has 0 aromatic heterocycles. The van der Waals surface area contributed by atoms with E-state index in [0.717, 1.165) is 5.56 Å². The highest BCUT2D eigenvalue weighted by Crippen LogP contribution is 2.38. The van der Waals surface area contributed by atoms with Gasteiger partial charge in [0.15, 0.2) is 0 Å². The molecule has 3 heteroatoms. The van der Waals surface area contributed by atoms with E-state index in [2.05, 4.69) is 5.32 Å². The van der Waals surface area contributed by atoms with E-state index in [1.165, 1.54) is 0 Å². The van der Waals surface area contributed by atoms with Crippen LogP contribution >= 0.6 is 0 Å². The third kappa shape index (κ3) is 1.35. The monoisotopic (exact) mass is 217 g/mol. The molecule has 1 aromatic carbocycles. The fraction of sp³-hybridized carbons (Fsp3) is 0.385. The molecule has 0 spiro atoms. The molecule has 84 valence electrons. The maximum atomic E-state index is 11.9. The quantitative estimate of drug-likeness (QED) is 0.765. The Bertz CT molecular complexity index is 427. The normalized spacial score (nSPS) is 29.2. The van der Waals surface area contributed by atoms with Gasteiger partial charge in [-0.15, -0.1) is 0 Å². The topological polar surface area (TPSA) is 46.2 Å². The molecule has 1 saturated heterocycles. The molecule has 1 fully saturated rings. The fourth-order valence-electron chi connectivity index (χ4n) is 2.46. The lowest BCUT2D eigenvalue weighted by Crippen LogP contribution is -2.36. The summed E-state index contributed by atoms with van der Waals surface area (Å²) in [5.74, 6) is -0.600. The summed E-state index contributed by atoms with van der Waals surface area (Å²) in [5, 5.41) is 2.43. The molecule has 2 rings (SSSR count). The Balaban J connectivity index is 2.51. The number of hydrogen-bond donors (Lipinski definition) is 1. The van der Waals surface area contributed by atoms with Gasteiger partial charge < -0.3 is 0 Å². The number of hydrogen-bond acceptors (Lipinski definition) is 2. The second kappa shape index (κ2) is 3.74. The summed E-state index contributed by atoms with van der Waals surface area (Å²) in [6.07, 6.45) is 0.670. The van der Waals surface area contributed by atoms with Crippen molar-refractivity contribution in [1.29, 1.82) is 0 Å².